The minimum Gasteiger partial charge on any atom is -0.504 e. The Balaban J connectivity index is 0. The number of carbonyl (C=O) groups is 2. The molecule has 0 aliphatic heterocycles. The Hall–Kier alpha value is -2.62. The molecule has 0 aliphatic carbocycles. The molecule has 0 saturated heterocycles. The maximum absolute atomic E-state index is 10.2. The van der Waals surface area contributed by atoms with Gasteiger partial charge in [0.15, 0.2) is 11.5 Å². The van der Waals surface area contributed by atoms with Crippen LogP contribution < -0.4 is 4.74 Å². The second-order valence-corrected chi connectivity index (χ2v) is 4.77. The van der Waals surface area contributed by atoms with E-state index in [1.165, 1.54) is 19.3 Å². The summed E-state index contributed by atoms with van der Waals surface area (Å²) in [6, 6.07) is 4.59. The van der Waals surface area contributed by atoms with Gasteiger partial charge in [-0.25, -0.2) is 4.79 Å². The number of hydrogen-bond acceptors (Lipinski definition) is 7. The van der Waals surface area contributed by atoms with Gasteiger partial charge in [-0.05, 0) is 30.2 Å². The van der Waals surface area contributed by atoms with E-state index >= 15 is 0 Å². The van der Waals surface area contributed by atoms with Gasteiger partial charge in [-0.15, -0.1) is 0 Å². The molecular weight excluding hydrogens is 348 g/mol. The molecule has 26 heavy (non-hydrogen) atoms. The highest BCUT2D eigenvalue weighted by atomic mass is 16.5. The maximum atomic E-state index is 10.2. The van der Waals surface area contributed by atoms with Crippen molar-refractivity contribution in [3.8, 4) is 11.5 Å². The van der Waals surface area contributed by atoms with Crippen LogP contribution in [0, 0.1) is 0 Å². The second kappa shape index (κ2) is 15.9. The minimum atomic E-state index is -1.02. The van der Waals surface area contributed by atoms with Crippen LogP contribution in [0.25, 0.3) is 6.08 Å². The fourth-order valence-corrected chi connectivity index (χ4v) is 1.24. The molecule has 0 saturated carbocycles. The quantitative estimate of drug-likeness (QED) is 0.377. The van der Waals surface area contributed by atoms with Gasteiger partial charge >= 0.3 is 11.9 Å². The predicted octanol–water partition coefficient (Wildman–Crippen LogP) is 0.702. The SMILES string of the molecule is CCCC(=O)O.COc1cc(/C=C/C(=O)O)ccc1O.OCC(O)CO. The number of methoxy groups -OCH3 is 1. The van der Waals surface area contributed by atoms with E-state index in [2.05, 4.69) is 0 Å². The summed E-state index contributed by atoms with van der Waals surface area (Å²) in [6.45, 7) is 1.11. The van der Waals surface area contributed by atoms with Crippen LogP contribution in [0.4, 0.5) is 0 Å². The van der Waals surface area contributed by atoms with E-state index in [1.54, 1.807) is 12.1 Å². The van der Waals surface area contributed by atoms with E-state index in [9.17, 15) is 14.7 Å². The molecule has 9 heteroatoms. The van der Waals surface area contributed by atoms with Crippen LogP contribution in [0.15, 0.2) is 24.3 Å². The van der Waals surface area contributed by atoms with Crippen molar-refractivity contribution in [3.05, 3.63) is 29.8 Å². The summed E-state index contributed by atoms with van der Waals surface area (Å²) in [5.74, 6) is -1.38. The summed E-state index contributed by atoms with van der Waals surface area (Å²) in [6.07, 6.45) is 2.51. The average molecular weight is 374 g/mol. The molecule has 0 heterocycles. The number of carboxylic acid groups (broad SMARTS) is 2. The molecule has 9 nitrogen and oxygen atoms in total. The van der Waals surface area contributed by atoms with Gasteiger partial charge in [0.25, 0.3) is 0 Å². The number of benzene rings is 1. The van der Waals surface area contributed by atoms with Crippen molar-refractivity contribution in [2.24, 2.45) is 0 Å². The summed E-state index contributed by atoms with van der Waals surface area (Å²) in [5.41, 5.74) is 0.655. The molecule has 0 aliphatic rings. The van der Waals surface area contributed by atoms with Crippen molar-refractivity contribution in [1.29, 1.82) is 0 Å². The van der Waals surface area contributed by atoms with Crippen LogP contribution in [0.3, 0.4) is 0 Å². The van der Waals surface area contributed by atoms with Gasteiger partial charge in [-0.2, -0.15) is 0 Å². The summed E-state index contributed by atoms with van der Waals surface area (Å²) >= 11 is 0. The molecular formula is C17H26O9. The first-order valence-electron chi connectivity index (χ1n) is 7.61. The van der Waals surface area contributed by atoms with Crippen LogP contribution >= 0.6 is 0 Å². The van der Waals surface area contributed by atoms with Crippen molar-refractivity contribution in [3.63, 3.8) is 0 Å². The van der Waals surface area contributed by atoms with Gasteiger partial charge in [0.2, 0.25) is 0 Å². The molecule has 0 spiro atoms. The van der Waals surface area contributed by atoms with Crippen LogP contribution in [0.1, 0.15) is 25.3 Å². The normalized spacial score (nSPS) is 9.77. The number of phenolic OH excluding ortho intramolecular Hbond substituents is 1. The standard InChI is InChI=1S/C10H10O4.C4H8O2.C3H8O3/c1-14-9-6-7(2-4-8(9)11)3-5-10(12)13;1-2-3-4(5)6;4-1-3(6)2-5/h2-6,11H,1H3,(H,12,13);2-3H2,1H3,(H,5,6);3-6H,1-2H2/b5-3+;;. The van der Waals surface area contributed by atoms with E-state index in [0.717, 1.165) is 12.5 Å². The predicted molar refractivity (Wildman–Crippen MR) is 94.1 cm³/mol. The average Bonchev–Trinajstić information content (AvgIpc) is 2.61. The number of phenols is 1. The Labute approximate surface area is 151 Å². The van der Waals surface area contributed by atoms with Crippen LogP contribution in [0.2, 0.25) is 0 Å². The van der Waals surface area contributed by atoms with Crippen LogP contribution in [0.5, 0.6) is 11.5 Å². The first-order valence-corrected chi connectivity index (χ1v) is 7.61. The van der Waals surface area contributed by atoms with Crippen LogP contribution in [-0.2, 0) is 9.59 Å². The number of aromatic hydroxyl groups is 1. The zero-order valence-corrected chi connectivity index (χ0v) is 14.7. The number of ether oxygens (including phenoxy) is 1. The van der Waals surface area contributed by atoms with Gasteiger partial charge in [0.05, 0.1) is 20.3 Å². The number of aliphatic carboxylic acids is 2. The first kappa shape index (κ1) is 25.6. The van der Waals surface area contributed by atoms with Gasteiger partial charge in [0, 0.05) is 12.5 Å². The zero-order valence-electron chi connectivity index (χ0n) is 14.7. The lowest BCUT2D eigenvalue weighted by Gasteiger charge is -2.03. The topological polar surface area (TPSA) is 165 Å². The lowest BCUT2D eigenvalue weighted by Crippen LogP contribution is -2.15. The molecule has 0 aromatic heterocycles. The lowest BCUT2D eigenvalue weighted by atomic mass is 10.2. The third-order valence-electron chi connectivity index (χ3n) is 2.51. The fraction of sp³-hybridized carbons (Fsp3) is 0.412. The fourth-order valence-electron chi connectivity index (χ4n) is 1.24. The third kappa shape index (κ3) is 14.9. The molecule has 0 bridgehead atoms. The van der Waals surface area contributed by atoms with Crippen LogP contribution in [-0.4, -0.2) is 69.0 Å². The Morgan fingerprint density at radius 2 is 1.77 bits per heavy atom. The molecule has 1 rings (SSSR count). The molecule has 0 atom stereocenters. The number of aliphatic hydroxyl groups is 3. The number of aliphatic hydroxyl groups excluding tert-OH is 3. The Morgan fingerprint density at radius 1 is 1.19 bits per heavy atom. The molecule has 1 aromatic rings. The highest BCUT2D eigenvalue weighted by molar-refractivity contribution is 5.85. The van der Waals surface area contributed by atoms with Gasteiger partial charge in [-0.1, -0.05) is 13.0 Å². The summed E-state index contributed by atoms with van der Waals surface area (Å²) in [7, 11) is 1.43. The Bertz CT molecular complexity index is 551. The molecule has 6 N–H and O–H groups in total. The van der Waals surface area contributed by atoms with Crippen molar-refractivity contribution < 1.29 is 45.0 Å². The molecule has 1 aromatic carbocycles. The summed E-state index contributed by atoms with van der Waals surface area (Å²) in [4.78, 5) is 19.8. The zero-order chi connectivity index (χ0) is 20.5. The van der Waals surface area contributed by atoms with E-state index in [4.69, 9.17) is 30.3 Å². The maximum Gasteiger partial charge on any atom is 0.328 e. The third-order valence-corrected chi connectivity index (χ3v) is 2.51. The van der Waals surface area contributed by atoms with Gasteiger partial charge in [0.1, 0.15) is 6.10 Å². The smallest absolute Gasteiger partial charge is 0.328 e. The first-order chi connectivity index (χ1) is 12.2. The number of hydrogen-bond donors (Lipinski definition) is 6. The molecule has 0 amide bonds. The highest BCUT2D eigenvalue weighted by Gasteiger charge is 2.00. The Kier molecular flexibility index (Phi) is 15.6. The number of rotatable bonds is 7. The van der Waals surface area contributed by atoms with E-state index < -0.39 is 18.0 Å². The Morgan fingerprint density at radius 3 is 2.08 bits per heavy atom. The van der Waals surface area contributed by atoms with Crippen molar-refractivity contribution in [1.82, 2.24) is 0 Å². The van der Waals surface area contributed by atoms with Gasteiger partial charge in [-0.3, -0.25) is 4.79 Å². The molecule has 0 fully saturated rings. The highest BCUT2D eigenvalue weighted by Crippen LogP contribution is 2.26. The number of carboxylic acids is 2. The van der Waals surface area contributed by atoms with E-state index in [0.29, 0.717) is 17.7 Å². The summed E-state index contributed by atoms with van der Waals surface area (Å²) < 4.78 is 4.86. The summed E-state index contributed by atoms with van der Waals surface area (Å²) in [5, 5.41) is 49.6. The van der Waals surface area contributed by atoms with Crippen molar-refractivity contribution in [2.45, 2.75) is 25.9 Å². The van der Waals surface area contributed by atoms with Crippen molar-refractivity contribution in [2.75, 3.05) is 20.3 Å². The van der Waals surface area contributed by atoms with E-state index in [-0.39, 0.29) is 19.0 Å². The van der Waals surface area contributed by atoms with Gasteiger partial charge < -0.3 is 35.4 Å². The van der Waals surface area contributed by atoms with E-state index in [1.807, 2.05) is 6.92 Å². The largest absolute Gasteiger partial charge is 0.504 e. The molecule has 0 unspecified atom stereocenters. The monoisotopic (exact) mass is 374 g/mol. The minimum absolute atomic E-state index is 0.0278. The second-order valence-electron chi connectivity index (χ2n) is 4.77. The molecule has 148 valence electrons. The lowest BCUT2D eigenvalue weighted by molar-refractivity contribution is -0.137. The van der Waals surface area contributed by atoms with Crippen molar-refractivity contribution >= 4 is 18.0 Å². The molecule has 0 radical (unpaired) electrons.